The smallest absolute Gasteiger partial charge is 0.189 e. The van der Waals surface area contributed by atoms with Crippen LogP contribution >= 0.6 is 47.2 Å². The number of anilines is 1. The van der Waals surface area contributed by atoms with Gasteiger partial charge in [0.15, 0.2) is 5.96 Å². The molecule has 1 unspecified atom stereocenters. The van der Waals surface area contributed by atoms with Crippen molar-refractivity contribution in [3.8, 4) is 0 Å². The molecule has 0 spiro atoms. The summed E-state index contributed by atoms with van der Waals surface area (Å²) < 4.78 is 0. The van der Waals surface area contributed by atoms with Crippen molar-refractivity contribution in [3.05, 3.63) is 58.2 Å². The van der Waals surface area contributed by atoms with Gasteiger partial charge in [0.2, 0.25) is 0 Å². The normalized spacial score (nSPS) is 12.2. The lowest BCUT2D eigenvalue weighted by Crippen LogP contribution is -2.34. The Morgan fingerprint density at radius 2 is 2.04 bits per heavy atom. The standard InChI is InChI=1S/C18H23Cl2N5.HI/c1-13(15-8-7-14(19)12-16(15)20)25-18(21)24-11-5-4-10-23-17-6-2-3-9-22-17;/h2-3,6-9,12-13H,4-5,10-11H2,1H3,(H,22,23)(H3,21,24,25);1H. The highest BCUT2D eigenvalue weighted by Gasteiger charge is 2.10. The topological polar surface area (TPSA) is 75.3 Å². The molecule has 1 atom stereocenters. The van der Waals surface area contributed by atoms with Crippen molar-refractivity contribution in [2.45, 2.75) is 25.8 Å². The van der Waals surface area contributed by atoms with E-state index in [-0.39, 0.29) is 30.0 Å². The summed E-state index contributed by atoms with van der Waals surface area (Å²) in [6.07, 6.45) is 3.71. The zero-order valence-corrected chi connectivity index (χ0v) is 18.4. The minimum atomic E-state index is -0.0423. The highest BCUT2D eigenvalue weighted by atomic mass is 127. The van der Waals surface area contributed by atoms with Crippen molar-refractivity contribution in [2.24, 2.45) is 10.7 Å². The molecule has 26 heavy (non-hydrogen) atoms. The van der Waals surface area contributed by atoms with Crippen LogP contribution in [0.2, 0.25) is 10.0 Å². The summed E-state index contributed by atoms with van der Waals surface area (Å²) in [4.78, 5) is 8.56. The number of rotatable bonds is 8. The maximum atomic E-state index is 6.20. The number of aromatic nitrogens is 1. The number of nitrogens with two attached hydrogens (primary N) is 1. The van der Waals surface area contributed by atoms with Crippen LogP contribution in [0.1, 0.15) is 31.4 Å². The molecule has 0 aliphatic heterocycles. The molecule has 8 heteroatoms. The van der Waals surface area contributed by atoms with Crippen LogP contribution in [0.15, 0.2) is 47.6 Å². The van der Waals surface area contributed by atoms with Crippen LogP contribution in [-0.4, -0.2) is 24.0 Å². The van der Waals surface area contributed by atoms with Crippen LogP contribution in [0.3, 0.4) is 0 Å². The number of guanidine groups is 1. The first-order valence-electron chi connectivity index (χ1n) is 8.22. The zero-order valence-electron chi connectivity index (χ0n) is 14.6. The highest BCUT2D eigenvalue weighted by Crippen LogP contribution is 2.25. The van der Waals surface area contributed by atoms with Crippen LogP contribution in [0, 0.1) is 0 Å². The molecule has 0 saturated heterocycles. The predicted molar refractivity (Wildman–Crippen MR) is 122 cm³/mol. The lowest BCUT2D eigenvalue weighted by molar-refractivity contribution is 0.701. The maximum Gasteiger partial charge on any atom is 0.189 e. The van der Waals surface area contributed by atoms with Crippen molar-refractivity contribution in [2.75, 3.05) is 18.4 Å². The second-order valence-electron chi connectivity index (χ2n) is 5.65. The lowest BCUT2D eigenvalue weighted by Gasteiger charge is -2.16. The first-order chi connectivity index (χ1) is 12.1. The van der Waals surface area contributed by atoms with Gasteiger partial charge in [-0.1, -0.05) is 35.3 Å². The fourth-order valence-electron chi connectivity index (χ4n) is 2.32. The van der Waals surface area contributed by atoms with Gasteiger partial charge in [-0.05, 0) is 49.6 Å². The molecule has 0 radical (unpaired) electrons. The van der Waals surface area contributed by atoms with E-state index in [4.69, 9.17) is 28.9 Å². The van der Waals surface area contributed by atoms with Gasteiger partial charge in [-0.15, -0.1) is 24.0 Å². The Hall–Kier alpha value is -1.25. The minimum Gasteiger partial charge on any atom is -0.370 e. The van der Waals surface area contributed by atoms with Gasteiger partial charge in [0.05, 0.1) is 6.04 Å². The van der Waals surface area contributed by atoms with Crippen LogP contribution in [0.4, 0.5) is 5.82 Å². The van der Waals surface area contributed by atoms with E-state index in [1.165, 1.54) is 0 Å². The number of nitrogens with zero attached hydrogens (tertiary/aromatic N) is 2. The Bertz CT molecular complexity index is 697. The van der Waals surface area contributed by atoms with Crippen molar-refractivity contribution in [1.82, 2.24) is 10.3 Å². The number of aliphatic imine (C=N–C) groups is 1. The van der Waals surface area contributed by atoms with Gasteiger partial charge in [-0.25, -0.2) is 4.98 Å². The lowest BCUT2D eigenvalue weighted by atomic mass is 10.1. The van der Waals surface area contributed by atoms with Crippen molar-refractivity contribution < 1.29 is 0 Å². The fourth-order valence-corrected chi connectivity index (χ4v) is 2.89. The second kappa shape index (κ2) is 12.2. The Kier molecular flexibility index (Phi) is 10.7. The average molecular weight is 508 g/mol. The van der Waals surface area contributed by atoms with Gasteiger partial charge in [-0.2, -0.15) is 0 Å². The molecule has 5 nitrogen and oxygen atoms in total. The predicted octanol–water partition coefficient (Wildman–Crippen LogP) is 4.86. The van der Waals surface area contributed by atoms with Crippen molar-refractivity contribution in [3.63, 3.8) is 0 Å². The summed E-state index contributed by atoms with van der Waals surface area (Å²) in [5, 5.41) is 7.64. The van der Waals surface area contributed by atoms with Crippen LogP contribution in [0.5, 0.6) is 0 Å². The zero-order chi connectivity index (χ0) is 18.1. The number of nitrogens with one attached hydrogen (secondary N) is 2. The third-order valence-electron chi connectivity index (χ3n) is 3.63. The molecule has 2 aromatic rings. The first-order valence-corrected chi connectivity index (χ1v) is 8.98. The van der Waals surface area contributed by atoms with E-state index >= 15 is 0 Å². The van der Waals surface area contributed by atoms with Crippen molar-refractivity contribution in [1.29, 1.82) is 0 Å². The molecular formula is C18H24Cl2IN5. The Balaban J connectivity index is 0.00000338. The SMILES string of the molecule is CC(NC(N)=NCCCCNc1ccccn1)c1ccc(Cl)cc1Cl.I. The summed E-state index contributed by atoms with van der Waals surface area (Å²) in [6.45, 7) is 3.51. The number of unbranched alkanes of at least 4 members (excludes halogenated alkanes) is 1. The van der Waals surface area contributed by atoms with E-state index < -0.39 is 0 Å². The van der Waals surface area contributed by atoms with Gasteiger partial charge in [0, 0.05) is 29.3 Å². The van der Waals surface area contributed by atoms with Crippen molar-refractivity contribution >= 4 is 59.0 Å². The maximum absolute atomic E-state index is 6.20. The third-order valence-corrected chi connectivity index (χ3v) is 4.19. The van der Waals surface area contributed by atoms with Crippen LogP contribution in [0.25, 0.3) is 0 Å². The van der Waals surface area contributed by atoms with Gasteiger partial charge in [-0.3, -0.25) is 4.99 Å². The molecule has 0 fully saturated rings. The number of hydrogen-bond donors (Lipinski definition) is 3. The van der Waals surface area contributed by atoms with Gasteiger partial charge >= 0.3 is 0 Å². The quantitative estimate of drug-likeness (QED) is 0.206. The summed E-state index contributed by atoms with van der Waals surface area (Å²) in [5.41, 5.74) is 6.88. The summed E-state index contributed by atoms with van der Waals surface area (Å²) in [6, 6.07) is 11.2. The van der Waals surface area contributed by atoms with Gasteiger partial charge < -0.3 is 16.4 Å². The van der Waals surface area contributed by atoms with E-state index in [2.05, 4.69) is 20.6 Å². The van der Waals surface area contributed by atoms with Gasteiger partial charge in [0.25, 0.3) is 0 Å². The number of pyridine rings is 1. The molecule has 0 amide bonds. The fraction of sp³-hybridized carbons (Fsp3) is 0.333. The van der Waals surface area contributed by atoms with E-state index in [0.29, 0.717) is 22.5 Å². The minimum absolute atomic E-state index is 0. The first kappa shape index (κ1) is 22.8. The third kappa shape index (κ3) is 7.97. The average Bonchev–Trinajstić information content (AvgIpc) is 2.58. The Morgan fingerprint density at radius 1 is 1.23 bits per heavy atom. The van der Waals surface area contributed by atoms with E-state index in [9.17, 15) is 0 Å². The molecule has 0 saturated carbocycles. The van der Waals surface area contributed by atoms with E-state index in [1.54, 1.807) is 12.3 Å². The molecular weight excluding hydrogens is 484 g/mol. The van der Waals surface area contributed by atoms with E-state index in [0.717, 1.165) is 30.8 Å². The summed E-state index contributed by atoms with van der Waals surface area (Å²) >= 11 is 12.1. The largest absolute Gasteiger partial charge is 0.370 e. The van der Waals surface area contributed by atoms with E-state index in [1.807, 2.05) is 37.3 Å². The molecule has 142 valence electrons. The molecule has 0 aliphatic carbocycles. The second-order valence-corrected chi connectivity index (χ2v) is 6.49. The Labute approximate surface area is 181 Å². The molecule has 1 aromatic heterocycles. The molecule has 1 aromatic carbocycles. The molecule has 4 N–H and O–H groups in total. The number of hydrogen-bond acceptors (Lipinski definition) is 3. The molecule has 1 heterocycles. The van der Waals surface area contributed by atoms with Gasteiger partial charge in [0.1, 0.15) is 5.82 Å². The summed E-state index contributed by atoms with van der Waals surface area (Å²) in [7, 11) is 0. The molecule has 0 aliphatic rings. The Morgan fingerprint density at radius 3 is 2.73 bits per heavy atom. The molecule has 2 rings (SSSR count). The monoisotopic (exact) mass is 507 g/mol. The summed E-state index contributed by atoms with van der Waals surface area (Å²) in [5.74, 6) is 1.30. The number of benzene rings is 1. The number of halogens is 3. The highest BCUT2D eigenvalue weighted by molar-refractivity contribution is 14.0. The van der Waals surface area contributed by atoms with Crippen LogP contribution in [-0.2, 0) is 0 Å². The van der Waals surface area contributed by atoms with Crippen LogP contribution < -0.4 is 16.4 Å². The molecule has 0 bridgehead atoms.